The summed E-state index contributed by atoms with van der Waals surface area (Å²) in [4.78, 5) is 11.9. The zero-order valence-electron chi connectivity index (χ0n) is 11.6. The topological polar surface area (TPSA) is 26.3 Å². The van der Waals surface area contributed by atoms with Crippen LogP contribution in [0.4, 0.5) is 4.39 Å². The van der Waals surface area contributed by atoms with Crippen LogP contribution in [0.5, 0.6) is 0 Å². The molecule has 102 valence electrons. The molecule has 1 aromatic rings. The van der Waals surface area contributed by atoms with Gasteiger partial charge in [0, 0.05) is 5.57 Å². The third-order valence-corrected chi connectivity index (χ3v) is 3.84. The fraction of sp³-hybridized carbons (Fsp3) is 0.438. The van der Waals surface area contributed by atoms with Crippen molar-refractivity contribution in [1.82, 2.24) is 0 Å². The molecule has 2 rings (SSSR count). The van der Waals surface area contributed by atoms with E-state index >= 15 is 0 Å². The average Bonchev–Trinajstić information content (AvgIpc) is 2.68. The summed E-state index contributed by atoms with van der Waals surface area (Å²) in [7, 11) is 0. The van der Waals surface area contributed by atoms with Crippen LogP contribution in [0.3, 0.4) is 0 Å². The summed E-state index contributed by atoms with van der Waals surface area (Å²) in [5, 5.41) is 0. The van der Waals surface area contributed by atoms with Crippen molar-refractivity contribution in [3.05, 3.63) is 47.3 Å². The van der Waals surface area contributed by atoms with Gasteiger partial charge in [-0.25, -0.2) is 9.18 Å². The lowest BCUT2D eigenvalue weighted by atomic mass is 9.84. The Morgan fingerprint density at radius 1 is 1.47 bits per heavy atom. The molecule has 0 aromatic heterocycles. The van der Waals surface area contributed by atoms with E-state index in [-0.39, 0.29) is 17.7 Å². The van der Waals surface area contributed by atoms with E-state index < -0.39 is 5.60 Å². The van der Waals surface area contributed by atoms with E-state index in [9.17, 15) is 9.18 Å². The van der Waals surface area contributed by atoms with Gasteiger partial charge in [-0.3, -0.25) is 0 Å². The van der Waals surface area contributed by atoms with Gasteiger partial charge in [-0.15, -0.1) is 0 Å². The zero-order chi connectivity index (χ0) is 14.2. The molecule has 0 aliphatic heterocycles. The number of carbonyl (C=O) groups is 1. The molecular weight excluding hydrogens is 243 g/mol. The standard InChI is InChI=1S/C16H19FO2/c1-10(2)15(18)19-16(11(3)4)8-7-12-9-13(17)5-6-14(12)16/h5-6,9,11H,1,7-8H2,2-4H3. The second-order valence-corrected chi connectivity index (χ2v) is 5.52. The molecule has 0 fully saturated rings. The highest BCUT2D eigenvalue weighted by atomic mass is 19.1. The highest BCUT2D eigenvalue weighted by Gasteiger charge is 2.45. The number of hydrogen-bond donors (Lipinski definition) is 0. The van der Waals surface area contributed by atoms with Crippen molar-refractivity contribution in [2.24, 2.45) is 5.92 Å². The minimum absolute atomic E-state index is 0.127. The maximum absolute atomic E-state index is 13.3. The number of rotatable bonds is 3. The molecule has 0 saturated heterocycles. The van der Waals surface area contributed by atoms with Crippen LogP contribution in [0.1, 0.15) is 38.3 Å². The Bertz CT molecular complexity index is 534. The molecule has 3 heteroatoms. The van der Waals surface area contributed by atoms with Gasteiger partial charge in [0.05, 0.1) is 0 Å². The quantitative estimate of drug-likeness (QED) is 0.612. The molecule has 0 radical (unpaired) electrons. The van der Waals surface area contributed by atoms with Gasteiger partial charge in [-0.2, -0.15) is 0 Å². The van der Waals surface area contributed by atoms with E-state index in [4.69, 9.17) is 4.74 Å². The van der Waals surface area contributed by atoms with Crippen LogP contribution in [0, 0.1) is 11.7 Å². The Kier molecular flexibility index (Phi) is 3.48. The maximum atomic E-state index is 13.3. The Labute approximate surface area is 113 Å². The normalized spacial score (nSPS) is 21.3. The summed E-state index contributed by atoms with van der Waals surface area (Å²) >= 11 is 0. The highest BCUT2D eigenvalue weighted by molar-refractivity contribution is 5.87. The SMILES string of the molecule is C=C(C)C(=O)OC1(C(C)C)CCc2cc(F)ccc21. The highest BCUT2D eigenvalue weighted by Crippen LogP contribution is 2.45. The van der Waals surface area contributed by atoms with Crippen molar-refractivity contribution in [2.45, 2.75) is 39.2 Å². The lowest BCUT2D eigenvalue weighted by Crippen LogP contribution is -2.35. The Balaban J connectivity index is 2.44. The number of fused-ring (bicyclic) bond motifs is 1. The average molecular weight is 262 g/mol. The van der Waals surface area contributed by atoms with E-state index in [2.05, 4.69) is 6.58 Å². The molecule has 0 bridgehead atoms. The molecule has 1 unspecified atom stereocenters. The van der Waals surface area contributed by atoms with E-state index in [1.54, 1.807) is 13.0 Å². The minimum Gasteiger partial charge on any atom is -0.451 e. The molecule has 0 amide bonds. The van der Waals surface area contributed by atoms with Gasteiger partial charge in [-0.05, 0) is 48.9 Å². The van der Waals surface area contributed by atoms with Gasteiger partial charge in [0.15, 0.2) is 0 Å². The first-order valence-electron chi connectivity index (χ1n) is 6.54. The van der Waals surface area contributed by atoms with Crippen molar-refractivity contribution < 1.29 is 13.9 Å². The van der Waals surface area contributed by atoms with Crippen molar-refractivity contribution in [3.63, 3.8) is 0 Å². The largest absolute Gasteiger partial charge is 0.451 e. The number of carbonyl (C=O) groups excluding carboxylic acids is 1. The van der Waals surface area contributed by atoms with Crippen LogP contribution in [0.15, 0.2) is 30.4 Å². The first-order valence-corrected chi connectivity index (χ1v) is 6.54. The monoisotopic (exact) mass is 262 g/mol. The van der Waals surface area contributed by atoms with E-state index in [0.717, 1.165) is 17.5 Å². The van der Waals surface area contributed by atoms with Crippen LogP contribution < -0.4 is 0 Å². The van der Waals surface area contributed by atoms with Gasteiger partial charge < -0.3 is 4.74 Å². The summed E-state index contributed by atoms with van der Waals surface area (Å²) in [6.07, 6.45) is 1.43. The Morgan fingerprint density at radius 3 is 2.74 bits per heavy atom. The van der Waals surface area contributed by atoms with Crippen LogP contribution in [-0.4, -0.2) is 5.97 Å². The molecule has 2 nitrogen and oxygen atoms in total. The van der Waals surface area contributed by atoms with Crippen molar-refractivity contribution in [1.29, 1.82) is 0 Å². The second kappa shape index (κ2) is 4.80. The Morgan fingerprint density at radius 2 is 2.16 bits per heavy atom. The fourth-order valence-electron chi connectivity index (χ4n) is 2.71. The summed E-state index contributed by atoms with van der Waals surface area (Å²) in [6.45, 7) is 9.29. The number of esters is 1. The molecule has 1 atom stereocenters. The van der Waals surface area contributed by atoms with Gasteiger partial charge in [0.25, 0.3) is 0 Å². The summed E-state index contributed by atoms with van der Waals surface area (Å²) in [5.74, 6) is -0.502. The van der Waals surface area contributed by atoms with Crippen molar-refractivity contribution >= 4 is 5.97 Å². The van der Waals surface area contributed by atoms with E-state index in [1.807, 2.05) is 13.8 Å². The van der Waals surface area contributed by atoms with Crippen LogP contribution in [0.25, 0.3) is 0 Å². The first kappa shape index (κ1) is 13.8. The molecule has 0 saturated carbocycles. The molecule has 0 spiro atoms. The number of ether oxygens (including phenoxy) is 1. The van der Waals surface area contributed by atoms with Crippen LogP contribution >= 0.6 is 0 Å². The van der Waals surface area contributed by atoms with Gasteiger partial charge in [0.1, 0.15) is 11.4 Å². The number of benzene rings is 1. The minimum atomic E-state index is -0.654. The number of aryl methyl sites for hydroxylation is 1. The molecule has 0 heterocycles. The molecular formula is C16H19FO2. The predicted octanol–water partition coefficient (Wildman–Crippen LogP) is 3.74. The number of hydrogen-bond acceptors (Lipinski definition) is 2. The summed E-state index contributed by atoms with van der Waals surface area (Å²) in [5.41, 5.74) is 1.59. The summed E-state index contributed by atoms with van der Waals surface area (Å²) in [6, 6.07) is 4.70. The number of halogens is 1. The predicted molar refractivity (Wildman–Crippen MR) is 72.1 cm³/mol. The molecule has 1 aromatic carbocycles. The van der Waals surface area contributed by atoms with Gasteiger partial charge in [-0.1, -0.05) is 26.5 Å². The van der Waals surface area contributed by atoms with Crippen molar-refractivity contribution in [2.75, 3.05) is 0 Å². The van der Waals surface area contributed by atoms with Crippen LogP contribution in [0.2, 0.25) is 0 Å². The molecule has 1 aliphatic carbocycles. The summed E-state index contributed by atoms with van der Waals surface area (Å²) < 4.78 is 19.0. The molecule has 1 aliphatic rings. The van der Waals surface area contributed by atoms with E-state index in [1.165, 1.54) is 12.1 Å². The zero-order valence-corrected chi connectivity index (χ0v) is 11.6. The molecule has 19 heavy (non-hydrogen) atoms. The second-order valence-electron chi connectivity index (χ2n) is 5.52. The first-order chi connectivity index (χ1) is 8.86. The Hall–Kier alpha value is -1.64. The lowest BCUT2D eigenvalue weighted by molar-refractivity contribution is -0.161. The van der Waals surface area contributed by atoms with Gasteiger partial charge in [0.2, 0.25) is 0 Å². The van der Waals surface area contributed by atoms with Crippen LogP contribution in [-0.2, 0) is 21.6 Å². The fourth-order valence-corrected chi connectivity index (χ4v) is 2.71. The maximum Gasteiger partial charge on any atom is 0.334 e. The van der Waals surface area contributed by atoms with Gasteiger partial charge >= 0.3 is 5.97 Å². The third kappa shape index (κ3) is 2.29. The molecule has 0 N–H and O–H groups in total. The van der Waals surface area contributed by atoms with E-state index in [0.29, 0.717) is 12.0 Å². The van der Waals surface area contributed by atoms with Crippen molar-refractivity contribution in [3.8, 4) is 0 Å². The third-order valence-electron chi connectivity index (χ3n) is 3.84. The smallest absolute Gasteiger partial charge is 0.334 e. The lowest BCUT2D eigenvalue weighted by Gasteiger charge is -2.34.